The van der Waals surface area contributed by atoms with E-state index in [9.17, 15) is 14.4 Å². The molecule has 1 aromatic heterocycles. The first kappa shape index (κ1) is 14.6. The van der Waals surface area contributed by atoms with Crippen LogP contribution in [-0.2, 0) is 0 Å². The predicted octanol–water partition coefficient (Wildman–Crippen LogP) is 2.18. The van der Waals surface area contributed by atoms with Crippen LogP contribution in [-0.4, -0.2) is 20.6 Å². The van der Waals surface area contributed by atoms with E-state index in [1.807, 2.05) is 0 Å². The third kappa shape index (κ3) is 2.58. The summed E-state index contributed by atoms with van der Waals surface area (Å²) in [5, 5.41) is 8.94. The average Bonchev–Trinajstić information content (AvgIpc) is 2.34. The van der Waals surface area contributed by atoms with Crippen LogP contribution < -0.4 is 11.2 Å². The number of halogens is 3. The van der Waals surface area contributed by atoms with Gasteiger partial charge in [-0.05, 0) is 12.1 Å². The molecular weight excluding hydrogens is 330 g/mol. The lowest BCUT2D eigenvalue weighted by Gasteiger charge is -2.07. The first-order chi connectivity index (χ1) is 9.31. The lowest BCUT2D eigenvalue weighted by molar-refractivity contribution is 0.0689. The number of rotatable bonds is 2. The number of nitrogens with one attached hydrogen (secondary N) is 1. The molecule has 6 nitrogen and oxygen atoms in total. The van der Waals surface area contributed by atoms with Crippen molar-refractivity contribution >= 4 is 40.8 Å². The van der Waals surface area contributed by atoms with E-state index < -0.39 is 22.9 Å². The minimum atomic E-state index is -1.42. The molecule has 2 N–H and O–H groups in total. The molecule has 104 valence electrons. The van der Waals surface area contributed by atoms with Crippen molar-refractivity contribution in [3.05, 3.63) is 59.8 Å². The van der Waals surface area contributed by atoms with Gasteiger partial charge >= 0.3 is 11.7 Å². The summed E-state index contributed by atoms with van der Waals surface area (Å²) in [6.45, 7) is 0. The molecule has 0 aliphatic carbocycles. The maximum absolute atomic E-state index is 11.8. The lowest BCUT2D eigenvalue weighted by atomic mass is 10.3. The largest absolute Gasteiger partial charge is 0.477 e. The third-order valence-corrected chi connectivity index (χ3v) is 3.59. The zero-order valence-electron chi connectivity index (χ0n) is 9.49. The SMILES string of the molecule is O=C(O)c1cc(=O)n(-c2cc(Cl)c(Cl)c(Cl)c2)c(=O)[nH]1. The Balaban J connectivity index is 2.75. The van der Waals surface area contributed by atoms with Gasteiger partial charge in [0.15, 0.2) is 0 Å². The monoisotopic (exact) mass is 334 g/mol. The van der Waals surface area contributed by atoms with Gasteiger partial charge in [-0.3, -0.25) is 4.79 Å². The number of aromatic nitrogens is 2. The molecule has 2 rings (SSSR count). The van der Waals surface area contributed by atoms with Crippen LogP contribution in [0.15, 0.2) is 27.8 Å². The van der Waals surface area contributed by atoms with Crippen LogP contribution in [0.1, 0.15) is 10.5 Å². The van der Waals surface area contributed by atoms with Gasteiger partial charge in [0, 0.05) is 6.07 Å². The van der Waals surface area contributed by atoms with Crippen LogP contribution in [0.4, 0.5) is 0 Å². The van der Waals surface area contributed by atoms with Gasteiger partial charge in [0.1, 0.15) is 5.69 Å². The Labute approximate surface area is 126 Å². The summed E-state index contributed by atoms with van der Waals surface area (Å²) in [6.07, 6.45) is 0. The molecule has 2 aromatic rings. The number of H-pyrrole nitrogens is 1. The topological polar surface area (TPSA) is 92.2 Å². The quantitative estimate of drug-likeness (QED) is 0.823. The molecule has 0 saturated heterocycles. The molecule has 20 heavy (non-hydrogen) atoms. The van der Waals surface area contributed by atoms with E-state index >= 15 is 0 Å². The normalized spacial score (nSPS) is 10.6. The third-order valence-electron chi connectivity index (χ3n) is 2.39. The number of hydrogen-bond acceptors (Lipinski definition) is 3. The van der Waals surface area contributed by atoms with Crippen molar-refractivity contribution in [1.82, 2.24) is 9.55 Å². The van der Waals surface area contributed by atoms with E-state index in [-0.39, 0.29) is 20.8 Å². The molecule has 0 amide bonds. The zero-order chi connectivity index (χ0) is 15.0. The van der Waals surface area contributed by atoms with Crippen molar-refractivity contribution in [2.45, 2.75) is 0 Å². The highest BCUT2D eigenvalue weighted by Crippen LogP contribution is 2.31. The Kier molecular flexibility index (Phi) is 3.89. The molecule has 0 aliphatic heterocycles. The van der Waals surface area contributed by atoms with Gasteiger partial charge in [0.25, 0.3) is 5.56 Å². The summed E-state index contributed by atoms with van der Waals surface area (Å²) in [5.74, 6) is -1.42. The van der Waals surface area contributed by atoms with Crippen LogP contribution in [0.2, 0.25) is 15.1 Å². The standard InChI is InChI=1S/C11H5Cl3N2O4/c12-5-1-4(2-6(13)9(5)14)16-8(17)3-7(10(18)19)15-11(16)20/h1-3H,(H,15,20)(H,18,19). The zero-order valence-corrected chi connectivity index (χ0v) is 11.8. The van der Waals surface area contributed by atoms with Crippen molar-refractivity contribution in [3.63, 3.8) is 0 Å². The van der Waals surface area contributed by atoms with Crippen molar-refractivity contribution < 1.29 is 9.90 Å². The molecule has 0 atom stereocenters. The molecule has 9 heteroatoms. The van der Waals surface area contributed by atoms with Crippen LogP contribution in [0.5, 0.6) is 0 Å². The number of hydrogen-bond donors (Lipinski definition) is 2. The Bertz CT molecular complexity index is 771. The second-order valence-corrected chi connectivity index (χ2v) is 4.88. The second kappa shape index (κ2) is 5.32. The Morgan fingerprint density at radius 1 is 1.10 bits per heavy atom. The van der Waals surface area contributed by atoms with E-state index in [1.165, 1.54) is 12.1 Å². The van der Waals surface area contributed by atoms with Gasteiger partial charge < -0.3 is 10.1 Å². The van der Waals surface area contributed by atoms with E-state index in [1.54, 1.807) is 0 Å². The Hall–Kier alpha value is -1.76. The summed E-state index contributed by atoms with van der Waals surface area (Å²) in [4.78, 5) is 36.4. The van der Waals surface area contributed by atoms with Crippen LogP contribution in [0.25, 0.3) is 5.69 Å². The van der Waals surface area contributed by atoms with Gasteiger partial charge in [-0.2, -0.15) is 0 Å². The van der Waals surface area contributed by atoms with Crippen molar-refractivity contribution in [1.29, 1.82) is 0 Å². The molecule has 0 spiro atoms. The molecular formula is C11H5Cl3N2O4. The van der Waals surface area contributed by atoms with Crippen LogP contribution in [0, 0.1) is 0 Å². The van der Waals surface area contributed by atoms with Gasteiger partial charge in [-0.25, -0.2) is 14.2 Å². The summed E-state index contributed by atoms with van der Waals surface area (Å²) in [5.41, 5.74) is -2.19. The number of nitrogens with zero attached hydrogens (tertiary/aromatic N) is 1. The number of aromatic amines is 1. The lowest BCUT2D eigenvalue weighted by Crippen LogP contribution is -2.35. The summed E-state index contributed by atoms with van der Waals surface area (Å²) < 4.78 is 0.695. The highest BCUT2D eigenvalue weighted by Gasteiger charge is 2.13. The highest BCUT2D eigenvalue weighted by molar-refractivity contribution is 6.48. The Morgan fingerprint density at radius 2 is 1.65 bits per heavy atom. The maximum Gasteiger partial charge on any atom is 0.352 e. The minimum absolute atomic E-state index is 0.0581. The van der Waals surface area contributed by atoms with E-state index in [2.05, 4.69) is 4.98 Å². The second-order valence-electron chi connectivity index (χ2n) is 3.69. The van der Waals surface area contributed by atoms with E-state index in [0.717, 1.165) is 6.07 Å². The van der Waals surface area contributed by atoms with Crippen molar-refractivity contribution in [3.8, 4) is 5.69 Å². The van der Waals surface area contributed by atoms with Crippen LogP contribution >= 0.6 is 34.8 Å². The maximum atomic E-state index is 11.8. The van der Waals surface area contributed by atoms with Crippen molar-refractivity contribution in [2.24, 2.45) is 0 Å². The smallest absolute Gasteiger partial charge is 0.352 e. The average molecular weight is 336 g/mol. The summed E-state index contributed by atoms with van der Waals surface area (Å²) >= 11 is 17.4. The molecule has 0 bridgehead atoms. The van der Waals surface area contributed by atoms with E-state index in [4.69, 9.17) is 39.9 Å². The molecule has 0 aliphatic rings. The van der Waals surface area contributed by atoms with E-state index in [0.29, 0.717) is 4.57 Å². The van der Waals surface area contributed by atoms with Gasteiger partial charge in [0.2, 0.25) is 0 Å². The molecule has 1 heterocycles. The molecule has 0 fully saturated rings. The minimum Gasteiger partial charge on any atom is -0.477 e. The number of carbonyl (C=O) groups is 1. The number of benzene rings is 1. The fourth-order valence-electron chi connectivity index (χ4n) is 1.53. The highest BCUT2D eigenvalue weighted by atomic mass is 35.5. The molecule has 1 aromatic carbocycles. The molecule has 0 saturated carbocycles. The molecule has 0 unspecified atom stereocenters. The number of carboxylic acid groups (broad SMARTS) is 1. The van der Waals surface area contributed by atoms with Gasteiger partial charge in [-0.15, -0.1) is 0 Å². The first-order valence-corrected chi connectivity index (χ1v) is 6.19. The Morgan fingerprint density at radius 3 is 2.10 bits per heavy atom. The summed E-state index contributed by atoms with van der Waals surface area (Å²) in [7, 11) is 0. The summed E-state index contributed by atoms with van der Waals surface area (Å²) in [6, 6.07) is 3.32. The fourth-order valence-corrected chi connectivity index (χ4v) is 2.11. The molecule has 0 radical (unpaired) electrons. The number of carboxylic acids is 1. The van der Waals surface area contributed by atoms with Gasteiger partial charge in [-0.1, -0.05) is 34.8 Å². The number of aromatic carboxylic acids is 1. The predicted molar refractivity (Wildman–Crippen MR) is 74.6 cm³/mol. The van der Waals surface area contributed by atoms with Crippen LogP contribution in [0.3, 0.4) is 0 Å². The van der Waals surface area contributed by atoms with Crippen molar-refractivity contribution in [2.75, 3.05) is 0 Å². The first-order valence-electron chi connectivity index (χ1n) is 5.06. The fraction of sp³-hybridized carbons (Fsp3) is 0. The van der Waals surface area contributed by atoms with Gasteiger partial charge in [0.05, 0.1) is 20.8 Å².